The van der Waals surface area contributed by atoms with E-state index in [1.165, 1.54) is 5.56 Å². The van der Waals surface area contributed by atoms with E-state index in [2.05, 4.69) is 38.2 Å². The van der Waals surface area contributed by atoms with E-state index in [9.17, 15) is 5.11 Å². The van der Waals surface area contributed by atoms with E-state index in [1.807, 2.05) is 12.1 Å². The van der Waals surface area contributed by atoms with Crippen LogP contribution in [-0.2, 0) is 6.42 Å². The van der Waals surface area contributed by atoms with E-state index in [1.54, 1.807) is 0 Å². The highest BCUT2D eigenvalue weighted by Crippen LogP contribution is 2.12. The molecule has 3 N–H and O–H groups in total. The summed E-state index contributed by atoms with van der Waals surface area (Å²) < 4.78 is 5.53. The highest BCUT2D eigenvalue weighted by molar-refractivity contribution is 5.27. The fourth-order valence-electron chi connectivity index (χ4n) is 1.51. The first kappa shape index (κ1) is 14.0. The zero-order valence-electron chi connectivity index (χ0n) is 11.0. The maximum absolute atomic E-state index is 9.70. The fraction of sp³-hybridized carbons (Fsp3) is 0.571. The molecule has 0 bridgehead atoms. The van der Waals surface area contributed by atoms with Gasteiger partial charge in [0.1, 0.15) is 25.0 Å². The molecule has 0 amide bonds. The summed E-state index contributed by atoms with van der Waals surface area (Å²) in [7, 11) is 0. The molecule has 0 heterocycles. The molecule has 0 aliphatic heterocycles. The van der Waals surface area contributed by atoms with E-state index in [0.29, 0.717) is 19.2 Å². The third-order valence-corrected chi connectivity index (χ3v) is 2.65. The van der Waals surface area contributed by atoms with Crippen molar-refractivity contribution in [1.29, 1.82) is 0 Å². The summed E-state index contributed by atoms with van der Waals surface area (Å²) >= 11 is 0. The number of hydrogen-bond acceptors (Lipinski definition) is 2. The molecule has 3 nitrogen and oxygen atoms in total. The SMILES string of the molecule is CCc1ccc(OC[C@H](O)C[NH2+]C(C)C)cc1. The molecule has 0 aliphatic carbocycles. The van der Waals surface area contributed by atoms with Crippen LogP contribution in [0.3, 0.4) is 0 Å². The van der Waals surface area contributed by atoms with Gasteiger partial charge in [0.25, 0.3) is 0 Å². The Morgan fingerprint density at radius 2 is 1.88 bits per heavy atom. The molecular formula is C14H24NO2+. The molecular weight excluding hydrogens is 214 g/mol. The Bertz CT molecular complexity index is 309. The predicted molar refractivity (Wildman–Crippen MR) is 69.3 cm³/mol. The number of ether oxygens (including phenoxy) is 1. The number of quaternary nitrogens is 1. The largest absolute Gasteiger partial charge is 0.491 e. The number of hydrogen-bond donors (Lipinski definition) is 2. The number of nitrogens with two attached hydrogens (primary N) is 1. The molecule has 1 rings (SSSR count). The number of rotatable bonds is 7. The third-order valence-electron chi connectivity index (χ3n) is 2.65. The van der Waals surface area contributed by atoms with Gasteiger partial charge in [0.05, 0.1) is 6.04 Å². The molecule has 1 aromatic rings. The summed E-state index contributed by atoms with van der Waals surface area (Å²) in [6.45, 7) is 7.38. The van der Waals surface area contributed by atoms with Gasteiger partial charge in [-0.3, -0.25) is 0 Å². The van der Waals surface area contributed by atoms with Crippen molar-refractivity contribution in [3.63, 3.8) is 0 Å². The second kappa shape index (κ2) is 7.30. The monoisotopic (exact) mass is 238 g/mol. The summed E-state index contributed by atoms with van der Waals surface area (Å²) in [4.78, 5) is 0. The van der Waals surface area contributed by atoms with Crippen LogP contribution in [0.5, 0.6) is 5.75 Å². The minimum absolute atomic E-state index is 0.356. The number of aliphatic hydroxyl groups excluding tert-OH is 1. The standard InChI is InChI=1S/C14H23NO2/c1-4-12-5-7-14(8-6-12)17-10-13(16)9-15-11(2)3/h5-8,11,13,15-16H,4,9-10H2,1-3H3/p+1/t13-/m1/s1. The number of benzene rings is 1. The lowest BCUT2D eigenvalue weighted by Gasteiger charge is -2.13. The summed E-state index contributed by atoms with van der Waals surface area (Å²) in [6, 6.07) is 8.53. The number of aliphatic hydroxyl groups is 1. The Kier molecular flexibility index (Phi) is 6.01. The van der Waals surface area contributed by atoms with E-state index in [-0.39, 0.29) is 0 Å². The highest BCUT2D eigenvalue weighted by Gasteiger charge is 2.08. The van der Waals surface area contributed by atoms with E-state index < -0.39 is 6.10 Å². The summed E-state index contributed by atoms with van der Waals surface area (Å²) in [5, 5.41) is 11.8. The summed E-state index contributed by atoms with van der Waals surface area (Å²) in [5.74, 6) is 0.825. The Hall–Kier alpha value is -1.06. The van der Waals surface area contributed by atoms with Crippen LogP contribution in [0, 0.1) is 0 Å². The molecule has 96 valence electrons. The smallest absolute Gasteiger partial charge is 0.137 e. The first-order chi connectivity index (χ1) is 8.11. The van der Waals surface area contributed by atoms with Gasteiger partial charge in [0, 0.05) is 0 Å². The van der Waals surface area contributed by atoms with E-state index in [0.717, 1.165) is 12.2 Å². The Labute approximate surface area is 104 Å². The van der Waals surface area contributed by atoms with Crippen LogP contribution in [0.4, 0.5) is 0 Å². The molecule has 3 heteroatoms. The molecule has 0 fully saturated rings. The average Bonchev–Trinajstić information content (AvgIpc) is 2.34. The lowest BCUT2D eigenvalue weighted by Crippen LogP contribution is -2.90. The normalized spacial score (nSPS) is 12.8. The zero-order valence-corrected chi connectivity index (χ0v) is 11.0. The Morgan fingerprint density at radius 3 is 2.41 bits per heavy atom. The van der Waals surface area contributed by atoms with E-state index in [4.69, 9.17) is 4.74 Å². The van der Waals surface area contributed by atoms with Crippen LogP contribution < -0.4 is 10.1 Å². The molecule has 17 heavy (non-hydrogen) atoms. The van der Waals surface area contributed by atoms with Gasteiger partial charge in [0.2, 0.25) is 0 Å². The van der Waals surface area contributed by atoms with Gasteiger partial charge in [-0.1, -0.05) is 19.1 Å². The van der Waals surface area contributed by atoms with Crippen molar-refractivity contribution in [3.8, 4) is 5.75 Å². The predicted octanol–water partition coefficient (Wildman–Crippen LogP) is 0.960. The molecule has 0 unspecified atom stereocenters. The highest BCUT2D eigenvalue weighted by atomic mass is 16.5. The first-order valence-corrected chi connectivity index (χ1v) is 6.35. The summed E-state index contributed by atoms with van der Waals surface area (Å²) in [6.07, 6.45) is 0.620. The molecule has 0 aromatic heterocycles. The van der Waals surface area contributed by atoms with Crippen molar-refractivity contribution in [2.45, 2.75) is 39.3 Å². The Balaban J connectivity index is 2.29. The summed E-state index contributed by atoms with van der Waals surface area (Å²) in [5.41, 5.74) is 1.30. The molecule has 0 saturated heterocycles. The van der Waals surface area contributed by atoms with Gasteiger partial charge in [0.15, 0.2) is 0 Å². The van der Waals surface area contributed by atoms with Crippen molar-refractivity contribution < 1.29 is 15.2 Å². The maximum atomic E-state index is 9.70. The van der Waals surface area contributed by atoms with Gasteiger partial charge in [-0.05, 0) is 38.0 Å². The van der Waals surface area contributed by atoms with Crippen molar-refractivity contribution in [2.24, 2.45) is 0 Å². The third kappa shape index (κ3) is 5.71. The van der Waals surface area contributed by atoms with Crippen molar-refractivity contribution >= 4 is 0 Å². The second-order valence-corrected chi connectivity index (χ2v) is 4.68. The molecule has 0 aliphatic rings. The van der Waals surface area contributed by atoms with Crippen LogP contribution >= 0.6 is 0 Å². The average molecular weight is 238 g/mol. The van der Waals surface area contributed by atoms with Gasteiger partial charge in [-0.2, -0.15) is 0 Å². The minimum atomic E-state index is -0.414. The zero-order chi connectivity index (χ0) is 12.7. The van der Waals surface area contributed by atoms with Crippen molar-refractivity contribution in [1.82, 2.24) is 0 Å². The maximum Gasteiger partial charge on any atom is 0.137 e. The second-order valence-electron chi connectivity index (χ2n) is 4.68. The van der Waals surface area contributed by atoms with Crippen LogP contribution in [0.1, 0.15) is 26.3 Å². The number of aryl methyl sites for hydroxylation is 1. The lowest BCUT2D eigenvalue weighted by molar-refractivity contribution is -0.688. The molecule has 0 saturated carbocycles. The lowest BCUT2D eigenvalue weighted by atomic mass is 10.2. The topological polar surface area (TPSA) is 46.1 Å². The molecule has 1 aromatic carbocycles. The van der Waals surface area contributed by atoms with Gasteiger partial charge >= 0.3 is 0 Å². The van der Waals surface area contributed by atoms with E-state index >= 15 is 0 Å². The van der Waals surface area contributed by atoms with Gasteiger partial charge in [-0.25, -0.2) is 0 Å². The molecule has 0 spiro atoms. The minimum Gasteiger partial charge on any atom is -0.491 e. The molecule has 0 radical (unpaired) electrons. The van der Waals surface area contributed by atoms with Crippen LogP contribution in [0.2, 0.25) is 0 Å². The van der Waals surface area contributed by atoms with Gasteiger partial charge < -0.3 is 15.2 Å². The van der Waals surface area contributed by atoms with Crippen molar-refractivity contribution in [2.75, 3.05) is 13.2 Å². The fourth-order valence-corrected chi connectivity index (χ4v) is 1.51. The first-order valence-electron chi connectivity index (χ1n) is 6.35. The van der Waals surface area contributed by atoms with Gasteiger partial charge in [-0.15, -0.1) is 0 Å². The molecule has 1 atom stereocenters. The Morgan fingerprint density at radius 1 is 1.24 bits per heavy atom. The van der Waals surface area contributed by atoms with Crippen LogP contribution in [0.15, 0.2) is 24.3 Å². The quantitative estimate of drug-likeness (QED) is 0.743. The van der Waals surface area contributed by atoms with Crippen LogP contribution in [-0.4, -0.2) is 30.4 Å². The van der Waals surface area contributed by atoms with Crippen molar-refractivity contribution in [3.05, 3.63) is 29.8 Å². The van der Waals surface area contributed by atoms with Crippen LogP contribution in [0.25, 0.3) is 0 Å².